The zero-order valence-corrected chi connectivity index (χ0v) is 15.5. The molecule has 24 heavy (non-hydrogen) atoms. The molecule has 0 fully saturated rings. The molecule has 120 valence electrons. The normalized spacial score (nSPS) is 20.5. The van der Waals surface area contributed by atoms with Crippen LogP contribution in [0.25, 0.3) is 0 Å². The van der Waals surface area contributed by atoms with Gasteiger partial charge in [-0.1, -0.05) is 70.7 Å². The summed E-state index contributed by atoms with van der Waals surface area (Å²) in [6, 6.07) is 0. The van der Waals surface area contributed by atoms with Crippen LogP contribution in [-0.2, 0) is 0 Å². The van der Waals surface area contributed by atoms with E-state index in [1.54, 1.807) is 0 Å². The minimum atomic E-state index is 0.00309. The van der Waals surface area contributed by atoms with Crippen LogP contribution in [0.5, 0.6) is 0 Å². The van der Waals surface area contributed by atoms with Crippen molar-refractivity contribution in [2.24, 2.45) is 0 Å². The number of halogens is 4. The lowest BCUT2D eigenvalue weighted by Crippen LogP contribution is -2.35. The molecule has 0 radical (unpaired) electrons. The Bertz CT molecular complexity index is 638. The first-order chi connectivity index (χ1) is 11.6. The summed E-state index contributed by atoms with van der Waals surface area (Å²) < 4.78 is 0. The molecule has 0 saturated carbocycles. The van der Waals surface area contributed by atoms with E-state index in [1.807, 2.05) is 83.0 Å². The standard InChI is InChI=1S/2C8H6BCl2N/c2*10-7-3-1-5-12-6-2-4-8(11)9(7)12/h2*1-6H. The van der Waals surface area contributed by atoms with Gasteiger partial charge in [0.15, 0.2) is 0 Å². The van der Waals surface area contributed by atoms with Crippen molar-refractivity contribution in [2.45, 2.75) is 0 Å². The monoisotopic (exact) mass is 394 g/mol. The average Bonchev–Trinajstić information content (AvgIpc) is 2.56. The van der Waals surface area contributed by atoms with Gasteiger partial charge in [0.25, 0.3) is 0 Å². The number of fused-ring (bicyclic) bond motifs is 2. The van der Waals surface area contributed by atoms with Crippen LogP contribution in [-0.4, -0.2) is 23.3 Å². The Balaban J connectivity index is 0.000000141. The zero-order valence-electron chi connectivity index (χ0n) is 12.5. The van der Waals surface area contributed by atoms with Gasteiger partial charge >= 0.3 is 13.7 Å². The van der Waals surface area contributed by atoms with E-state index in [0.29, 0.717) is 0 Å². The van der Waals surface area contributed by atoms with E-state index in [2.05, 4.69) is 0 Å². The average molecular weight is 396 g/mol. The van der Waals surface area contributed by atoms with Gasteiger partial charge in [0.2, 0.25) is 0 Å². The lowest BCUT2D eigenvalue weighted by Gasteiger charge is -2.28. The molecule has 0 aromatic heterocycles. The number of rotatable bonds is 0. The number of allylic oxidation sites excluding steroid dienone is 8. The summed E-state index contributed by atoms with van der Waals surface area (Å²) in [7, 11) is 0. The lowest BCUT2D eigenvalue weighted by atomic mass is 9.57. The van der Waals surface area contributed by atoms with Gasteiger partial charge in [-0.05, 0) is 49.1 Å². The molecule has 0 unspecified atom stereocenters. The first kappa shape index (κ1) is 17.6. The van der Waals surface area contributed by atoms with E-state index >= 15 is 0 Å². The van der Waals surface area contributed by atoms with Gasteiger partial charge < -0.3 is 9.62 Å². The first-order valence-corrected chi connectivity index (χ1v) is 8.79. The maximum atomic E-state index is 5.99. The molecule has 0 atom stereocenters. The Labute approximate surface area is 162 Å². The quantitative estimate of drug-likeness (QED) is 0.512. The predicted octanol–water partition coefficient (Wildman–Crippen LogP) is 5.32. The molecule has 0 bridgehead atoms. The molecule has 0 aromatic rings. The molecule has 0 spiro atoms. The van der Waals surface area contributed by atoms with Gasteiger partial charge in [-0.3, -0.25) is 0 Å². The van der Waals surface area contributed by atoms with Crippen LogP contribution >= 0.6 is 46.4 Å². The van der Waals surface area contributed by atoms with Crippen molar-refractivity contribution < 1.29 is 0 Å². The van der Waals surface area contributed by atoms with Crippen molar-refractivity contribution in [1.29, 1.82) is 0 Å². The molecule has 0 amide bonds. The SMILES string of the molecule is ClC1=CC=CN2C=CC=C(Cl)B12.ClC1=CC=CN2C=CC=C(Cl)B12. The van der Waals surface area contributed by atoms with E-state index in [0.717, 1.165) is 19.7 Å². The molecule has 4 rings (SSSR count). The van der Waals surface area contributed by atoms with Gasteiger partial charge in [0.05, 0.1) is 0 Å². The number of hydrogen-bond donors (Lipinski definition) is 0. The summed E-state index contributed by atoms with van der Waals surface area (Å²) in [5, 5.41) is 0. The van der Waals surface area contributed by atoms with Gasteiger partial charge in [-0.2, -0.15) is 0 Å². The van der Waals surface area contributed by atoms with Crippen LogP contribution < -0.4 is 0 Å². The highest BCUT2D eigenvalue weighted by atomic mass is 35.5. The molecule has 0 saturated heterocycles. The van der Waals surface area contributed by atoms with E-state index in [4.69, 9.17) is 46.4 Å². The third-order valence-electron chi connectivity index (χ3n) is 3.70. The molecule has 2 nitrogen and oxygen atoms in total. The molecule has 0 N–H and O–H groups in total. The summed E-state index contributed by atoms with van der Waals surface area (Å²) in [6.45, 7) is 0.00617. The number of nitrogens with zero attached hydrogens (tertiary/aromatic N) is 2. The van der Waals surface area contributed by atoms with E-state index in [-0.39, 0.29) is 13.7 Å². The predicted molar refractivity (Wildman–Crippen MR) is 107 cm³/mol. The van der Waals surface area contributed by atoms with Crippen molar-refractivity contribution >= 4 is 60.1 Å². The maximum Gasteiger partial charge on any atom is 0.350 e. The minimum absolute atomic E-state index is 0.00309. The Kier molecular flexibility index (Phi) is 5.72. The molecule has 4 heterocycles. The third-order valence-corrected chi connectivity index (χ3v) is 5.03. The fourth-order valence-corrected chi connectivity index (χ4v) is 3.90. The lowest BCUT2D eigenvalue weighted by molar-refractivity contribution is 0.787. The van der Waals surface area contributed by atoms with Crippen molar-refractivity contribution in [1.82, 2.24) is 9.62 Å². The Morgan fingerprint density at radius 1 is 0.500 bits per heavy atom. The highest BCUT2D eigenvalue weighted by Crippen LogP contribution is 2.28. The Morgan fingerprint density at radius 3 is 0.958 bits per heavy atom. The maximum absolute atomic E-state index is 5.99. The van der Waals surface area contributed by atoms with E-state index in [1.165, 1.54) is 0 Å². The smallest absolute Gasteiger partial charge is 0.350 e. The first-order valence-electron chi connectivity index (χ1n) is 7.28. The molecule has 8 heteroatoms. The van der Waals surface area contributed by atoms with Gasteiger partial charge in [-0.15, -0.1) is 0 Å². The van der Waals surface area contributed by atoms with Crippen LogP contribution in [0.3, 0.4) is 0 Å². The summed E-state index contributed by atoms with van der Waals surface area (Å²) in [6.07, 6.45) is 22.8. The second-order valence-electron chi connectivity index (χ2n) is 5.27. The van der Waals surface area contributed by atoms with Crippen molar-refractivity contribution in [3.63, 3.8) is 0 Å². The fourth-order valence-electron chi connectivity index (χ4n) is 2.58. The molecule has 4 aliphatic heterocycles. The highest BCUT2D eigenvalue weighted by Gasteiger charge is 2.30. The minimum Gasteiger partial charge on any atom is -0.388 e. The summed E-state index contributed by atoms with van der Waals surface area (Å²) in [4.78, 5) is 6.97. The Morgan fingerprint density at radius 2 is 0.750 bits per heavy atom. The second-order valence-corrected chi connectivity index (χ2v) is 7.02. The van der Waals surface area contributed by atoms with Crippen LogP contribution in [0.2, 0.25) is 0 Å². The summed E-state index contributed by atoms with van der Waals surface area (Å²) in [5.74, 6) is 0. The van der Waals surface area contributed by atoms with Crippen molar-refractivity contribution in [3.8, 4) is 0 Å². The van der Waals surface area contributed by atoms with Crippen molar-refractivity contribution in [3.05, 3.63) is 93.1 Å². The topological polar surface area (TPSA) is 6.48 Å². The molecular weight excluding hydrogens is 384 g/mol. The highest BCUT2D eigenvalue weighted by molar-refractivity contribution is 6.89. The molecule has 0 aliphatic carbocycles. The number of hydrogen-bond acceptors (Lipinski definition) is 2. The fraction of sp³-hybridized carbons (Fsp3) is 0. The molecule has 0 aromatic carbocycles. The summed E-state index contributed by atoms with van der Waals surface area (Å²) in [5.41, 5.74) is 0. The Hall–Kier alpha value is -1.19. The summed E-state index contributed by atoms with van der Waals surface area (Å²) >= 11 is 24.0. The van der Waals surface area contributed by atoms with Crippen LogP contribution in [0, 0.1) is 0 Å². The third kappa shape index (κ3) is 3.73. The molecule has 4 aliphatic rings. The van der Waals surface area contributed by atoms with Crippen LogP contribution in [0.4, 0.5) is 0 Å². The van der Waals surface area contributed by atoms with E-state index in [9.17, 15) is 0 Å². The second kappa shape index (κ2) is 7.79. The van der Waals surface area contributed by atoms with Gasteiger partial charge in [-0.25, -0.2) is 0 Å². The zero-order chi connectivity index (χ0) is 17.1. The van der Waals surface area contributed by atoms with Crippen LogP contribution in [0.1, 0.15) is 0 Å². The van der Waals surface area contributed by atoms with Crippen LogP contribution in [0.15, 0.2) is 93.1 Å². The van der Waals surface area contributed by atoms with Crippen molar-refractivity contribution in [2.75, 3.05) is 0 Å². The van der Waals surface area contributed by atoms with Gasteiger partial charge in [0.1, 0.15) is 0 Å². The van der Waals surface area contributed by atoms with Gasteiger partial charge in [0, 0.05) is 19.7 Å². The van der Waals surface area contributed by atoms with E-state index < -0.39 is 0 Å². The molecular formula is C16H12B2Cl4N2. The largest absolute Gasteiger partial charge is 0.388 e.